The van der Waals surface area contributed by atoms with Crippen molar-refractivity contribution in [2.24, 2.45) is 5.92 Å². The zero-order valence-electron chi connectivity index (χ0n) is 10.7. The number of hydrogen-bond donors (Lipinski definition) is 1. The van der Waals surface area contributed by atoms with E-state index in [1.807, 2.05) is 14.0 Å². The smallest absolute Gasteiger partial charge is 0.153 e. The first-order valence-electron chi connectivity index (χ1n) is 6.34. The van der Waals surface area contributed by atoms with Crippen LogP contribution in [-0.4, -0.2) is 32.5 Å². The molecule has 4 heteroatoms. The van der Waals surface area contributed by atoms with E-state index in [2.05, 4.69) is 12.2 Å². The summed E-state index contributed by atoms with van der Waals surface area (Å²) in [5.74, 6) is 0.919. The number of nitrogens with one attached hydrogen (secondary N) is 1. The summed E-state index contributed by atoms with van der Waals surface area (Å²) in [5.41, 5.74) is 0. The molecule has 0 heterocycles. The predicted octanol–water partition coefficient (Wildman–Crippen LogP) is 1.98. The Kier molecular flexibility index (Phi) is 5.25. The zero-order valence-corrected chi connectivity index (χ0v) is 11.5. The maximum atomic E-state index is 12.1. The van der Waals surface area contributed by atoms with Crippen molar-refractivity contribution in [2.75, 3.05) is 12.8 Å². The van der Waals surface area contributed by atoms with Crippen molar-refractivity contribution >= 4 is 9.84 Å². The van der Waals surface area contributed by atoms with Crippen molar-refractivity contribution in [1.29, 1.82) is 0 Å². The molecule has 1 saturated carbocycles. The van der Waals surface area contributed by atoms with Gasteiger partial charge in [0.25, 0.3) is 0 Å². The molecular formula is C12H25NO2S. The molecular weight excluding hydrogens is 222 g/mol. The average Bonchev–Trinajstić information content (AvgIpc) is 2.26. The molecule has 1 N–H and O–H groups in total. The quantitative estimate of drug-likeness (QED) is 0.808. The molecule has 16 heavy (non-hydrogen) atoms. The molecule has 0 amide bonds. The number of hydrogen-bond acceptors (Lipinski definition) is 3. The highest BCUT2D eigenvalue weighted by Crippen LogP contribution is 2.28. The van der Waals surface area contributed by atoms with E-state index >= 15 is 0 Å². The van der Waals surface area contributed by atoms with E-state index < -0.39 is 9.84 Å². The minimum absolute atomic E-state index is 0.0692. The Morgan fingerprint density at radius 1 is 1.38 bits per heavy atom. The minimum Gasteiger partial charge on any atom is -0.317 e. The lowest BCUT2D eigenvalue weighted by molar-refractivity contribution is 0.381. The number of rotatable bonds is 5. The lowest BCUT2D eigenvalue weighted by Crippen LogP contribution is -2.32. The van der Waals surface area contributed by atoms with Gasteiger partial charge in [-0.15, -0.1) is 0 Å². The summed E-state index contributed by atoms with van der Waals surface area (Å²) in [5, 5.41) is 3.02. The fraction of sp³-hybridized carbons (Fsp3) is 1.00. The summed E-state index contributed by atoms with van der Waals surface area (Å²) in [6.45, 7) is 4.19. The van der Waals surface area contributed by atoms with E-state index in [4.69, 9.17) is 0 Å². The SMILES string of the molecule is CNC(C)CCS(=O)(=O)C1CCCC(C)C1. The Balaban J connectivity index is 2.49. The van der Waals surface area contributed by atoms with Crippen molar-refractivity contribution < 1.29 is 8.42 Å². The fourth-order valence-corrected chi connectivity index (χ4v) is 4.52. The molecule has 0 aromatic heterocycles. The molecule has 0 radical (unpaired) electrons. The molecule has 0 aromatic carbocycles. The van der Waals surface area contributed by atoms with E-state index in [1.165, 1.54) is 6.42 Å². The first kappa shape index (κ1) is 14.0. The van der Waals surface area contributed by atoms with Crippen LogP contribution < -0.4 is 5.32 Å². The second kappa shape index (κ2) is 6.01. The molecule has 1 rings (SSSR count). The van der Waals surface area contributed by atoms with Crippen molar-refractivity contribution in [3.8, 4) is 0 Å². The summed E-state index contributed by atoms with van der Waals surface area (Å²) in [6.07, 6.45) is 4.74. The lowest BCUT2D eigenvalue weighted by Gasteiger charge is -2.26. The third-order valence-electron chi connectivity index (χ3n) is 3.72. The molecule has 0 saturated heterocycles. The predicted molar refractivity (Wildman–Crippen MR) is 68.3 cm³/mol. The molecule has 96 valence electrons. The molecule has 1 aliphatic carbocycles. The largest absolute Gasteiger partial charge is 0.317 e. The molecule has 1 fully saturated rings. The summed E-state index contributed by atoms with van der Waals surface area (Å²) in [6, 6.07) is 0.288. The lowest BCUT2D eigenvalue weighted by atomic mass is 9.91. The summed E-state index contributed by atoms with van der Waals surface area (Å²) in [4.78, 5) is 0. The van der Waals surface area contributed by atoms with E-state index in [0.29, 0.717) is 11.7 Å². The minimum atomic E-state index is -2.86. The number of sulfone groups is 1. The molecule has 0 bridgehead atoms. The van der Waals surface area contributed by atoms with Crippen molar-refractivity contribution in [2.45, 2.75) is 57.2 Å². The third kappa shape index (κ3) is 4.06. The molecule has 3 unspecified atom stereocenters. The van der Waals surface area contributed by atoms with Gasteiger partial charge in [-0.05, 0) is 39.2 Å². The molecule has 1 aliphatic rings. The van der Waals surface area contributed by atoms with Crippen LogP contribution in [0.2, 0.25) is 0 Å². The van der Waals surface area contributed by atoms with Gasteiger partial charge in [0.05, 0.1) is 11.0 Å². The highest BCUT2D eigenvalue weighted by atomic mass is 32.2. The Labute approximate surface area is 99.9 Å². The average molecular weight is 247 g/mol. The van der Waals surface area contributed by atoms with Gasteiger partial charge in [0.15, 0.2) is 9.84 Å². The van der Waals surface area contributed by atoms with Gasteiger partial charge >= 0.3 is 0 Å². The zero-order chi connectivity index (χ0) is 12.2. The first-order valence-corrected chi connectivity index (χ1v) is 8.06. The fourth-order valence-electron chi connectivity index (χ4n) is 2.36. The van der Waals surface area contributed by atoms with Crippen molar-refractivity contribution in [1.82, 2.24) is 5.32 Å². The van der Waals surface area contributed by atoms with E-state index in [1.54, 1.807) is 0 Å². The van der Waals surface area contributed by atoms with Gasteiger partial charge in [0.2, 0.25) is 0 Å². The van der Waals surface area contributed by atoms with Crippen LogP contribution in [0, 0.1) is 5.92 Å². The maximum absolute atomic E-state index is 12.1. The Morgan fingerprint density at radius 2 is 2.06 bits per heavy atom. The second-order valence-electron chi connectivity index (χ2n) is 5.24. The van der Waals surface area contributed by atoms with Crippen LogP contribution in [0.1, 0.15) is 46.0 Å². The molecule has 0 spiro atoms. The van der Waals surface area contributed by atoms with E-state index in [9.17, 15) is 8.42 Å². The van der Waals surface area contributed by atoms with Gasteiger partial charge in [-0.2, -0.15) is 0 Å². The van der Waals surface area contributed by atoms with Crippen LogP contribution in [0.4, 0.5) is 0 Å². The maximum Gasteiger partial charge on any atom is 0.153 e. The summed E-state index contributed by atoms with van der Waals surface area (Å²) in [7, 11) is -0.986. The topological polar surface area (TPSA) is 46.2 Å². The van der Waals surface area contributed by atoms with Gasteiger partial charge in [0, 0.05) is 6.04 Å². The van der Waals surface area contributed by atoms with Crippen LogP contribution in [0.3, 0.4) is 0 Å². The normalized spacial score (nSPS) is 28.9. The van der Waals surface area contributed by atoms with Gasteiger partial charge in [-0.3, -0.25) is 0 Å². The highest BCUT2D eigenvalue weighted by Gasteiger charge is 2.29. The van der Waals surface area contributed by atoms with Gasteiger partial charge in [-0.1, -0.05) is 19.8 Å². The summed E-state index contributed by atoms with van der Waals surface area (Å²) < 4.78 is 24.2. The second-order valence-corrected chi connectivity index (χ2v) is 7.64. The first-order chi connectivity index (χ1) is 7.45. The van der Waals surface area contributed by atoms with E-state index in [-0.39, 0.29) is 11.3 Å². The Morgan fingerprint density at radius 3 is 2.62 bits per heavy atom. The monoisotopic (exact) mass is 247 g/mol. The van der Waals surface area contributed by atoms with Crippen molar-refractivity contribution in [3.63, 3.8) is 0 Å². The van der Waals surface area contributed by atoms with Crippen LogP contribution in [-0.2, 0) is 9.84 Å². The summed E-state index contributed by atoms with van der Waals surface area (Å²) >= 11 is 0. The van der Waals surface area contributed by atoms with Crippen LogP contribution >= 0.6 is 0 Å². The highest BCUT2D eigenvalue weighted by molar-refractivity contribution is 7.92. The Hall–Kier alpha value is -0.0900. The van der Waals surface area contributed by atoms with Crippen molar-refractivity contribution in [3.05, 3.63) is 0 Å². The third-order valence-corrected chi connectivity index (χ3v) is 5.97. The molecule has 0 aliphatic heterocycles. The molecule has 3 nitrogen and oxygen atoms in total. The molecule has 3 atom stereocenters. The molecule has 0 aromatic rings. The van der Waals surface area contributed by atoms with Gasteiger partial charge in [-0.25, -0.2) is 8.42 Å². The van der Waals surface area contributed by atoms with Crippen LogP contribution in [0.25, 0.3) is 0 Å². The van der Waals surface area contributed by atoms with Gasteiger partial charge < -0.3 is 5.32 Å². The van der Waals surface area contributed by atoms with Crippen LogP contribution in [0.5, 0.6) is 0 Å². The standard InChI is InChI=1S/C12H25NO2S/c1-10-5-4-6-12(9-10)16(14,15)8-7-11(2)13-3/h10-13H,4-9H2,1-3H3. The Bertz CT molecular complexity index is 300. The van der Waals surface area contributed by atoms with Gasteiger partial charge in [0.1, 0.15) is 0 Å². The van der Waals surface area contributed by atoms with E-state index in [0.717, 1.165) is 25.7 Å². The van der Waals surface area contributed by atoms with Crippen LogP contribution in [0.15, 0.2) is 0 Å².